The number of oxime groups is 1. The molecule has 1 saturated carbocycles. The number of aromatic amines is 1. The molecule has 0 spiro atoms. The number of hydrogen-bond acceptors (Lipinski definition) is 5. The molecule has 1 aliphatic rings. The number of hydrogen-bond donors (Lipinski definition) is 3. The Hall–Kier alpha value is -1.65. The van der Waals surface area contributed by atoms with Crippen molar-refractivity contribution in [3.63, 3.8) is 0 Å². The van der Waals surface area contributed by atoms with E-state index in [0.717, 1.165) is 24.6 Å². The van der Waals surface area contributed by atoms with Crippen LogP contribution in [0.25, 0.3) is 0 Å². The Morgan fingerprint density at radius 2 is 2.30 bits per heavy atom. The quantitative estimate of drug-likeness (QED) is 0.246. The fraction of sp³-hybridized carbons (Fsp3) is 0.667. The van der Waals surface area contributed by atoms with Gasteiger partial charge < -0.3 is 10.9 Å². The SMILES string of the molecule is NC(=NO)C(CSc1n[nH]c(=O)n1C1CC1)C(F)(F)F. The molecule has 112 valence electrons. The Morgan fingerprint density at radius 3 is 2.80 bits per heavy atom. The fourth-order valence-electron chi connectivity index (χ4n) is 1.62. The lowest BCUT2D eigenvalue weighted by Crippen LogP contribution is -2.37. The maximum absolute atomic E-state index is 12.8. The summed E-state index contributed by atoms with van der Waals surface area (Å²) in [5, 5.41) is 16.9. The number of halogens is 3. The maximum atomic E-state index is 12.8. The molecule has 0 radical (unpaired) electrons. The van der Waals surface area contributed by atoms with Crippen molar-refractivity contribution in [1.82, 2.24) is 14.8 Å². The monoisotopic (exact) mass is 311 g/mol. The molecule has 7 nitrogen and oxygen atoms in total. The van der Waals surface area contributed by atoms with E-state index in [1.165, 1.54) is 4.57 Å². The van der Waals surface area contributed by atoms with Gasteiger partial charge in [-0.15, -0.1) is 5.10 Å². The first kappa shape index (κ1) is 14.8. The number of nitrogens with zero attached hydrogens (tertiary/aromatic N) is 3. The van der Waals surface area contributed by atoms with Crippen LogP contribution in [0, 0.1) is 5.92 Å². The first-order valence-corrected chi connectivity index (χ1v) is 6.67. The van der Waals surface area contributed by atoms with Crippen LogP contribution >= 0.6 is 11.8 Å². The molecule has 20 heavy (non-hydrogen) atoms. The largest absolute Gasteiger partial charge is 0.409 e. The number of nitrogens with two attached hydrogens (primary N) is 1. The zero-order valence-corrected chi connectivity index (χ0v) is 10.9. The van der Waals surface area contributed by atoms with Gasteiger partial charge in [-0.05, 0) is 12.8 Å². The van der Waals surface area contributed by atoms with E-state index in [-0.39, 0.29) is 11.2 Å². The normalized spacial score (nSPS) is 18.2. The van der Waals surface area contributed by atoms with Gasteiger partial charge in [-0.2, -0.15) is 13.2 Å². The number of H-pyrrole nitrogens is 1. The summed E-state index contributed by atoms with van der Waals surface area (Å²) in [6.45, 7) is 0. The number of alkyl halides is 3. The topological polar surface area (TPSA) is 109 Å². The molecule has 0 saturated heterocycles. The second-order valence-electron chi connectivity index (χ2n) is 4.34. The van der Waals surface area contributed by atoms with Crippen LogP contribution in [0.1, 0.15) is 18.9 Å². The van der Waals surface area contributed by atoms with Crippen molar-refractivity contribution < 1.29 is 18.4 Å². The summed E-state index contributed by atoms with van der Waals surface area (Å²) in [5.41, 5.74) is 4.61. The number of nitrogens with one attached hydrogen (secondary N) is 1. The Morgan fingerprint density at radius 1 is 1.65 bits per heavy atom. The van der Waals surface area contributed by atoms with E-state index in [9.17, 15) is 18.0 Å². The summed E-state index contributed by atoms with van der Waals surface area (Å²) >= 11 is 0.744. The number of thioether (sulfide) groups is 1. The Balaban J connectivity index is 2.12. The highest BCUT2D eigenvalue weighted by molar-refractivity contribution is 7.99. The highest BCUT2D eigenvalue weighted by atomic mass is 32.2. The van der Waals surface area contributed by atoms with Gasteiger partial charge in [-0.25, -0.2) is 9.89 Å². The first-order chi connectivity index (χ1) is 9.34. The molecule has 0 amide bonds. The van der Waals surface area contributed by atoms with Crippen molar-refractivity contribution in [3.8, 4) is 0 Å². The smallest absolute Gasteiger partial charge is 0.399 e. The summed E-state index contributed by atoms with van der Waals surface area (Å²) in [7, 11) is 0. The van der Waals surface area contributed by atoms with Crippen molar-refractivity contribution in [2.45, 2.75) is 30.2 Å². The predicted octanol–water partition coefficient (Wildman–Crippen LogP) is 0.923. The predicted molar refractivity (Wildman–Crippen MR) is 64.8 cm³/mol. The van der Waals surface area contributed by atoms with Gasteiger partial charge in [-0.1, -0.05) is 16.9 Å². The molecular formula is C9H12F3N5O2S. The average molecular weight is 311 g/mol. The number of amidine groups is 1. The zero-order valence-electron chi connectivity index (χ0n) is 10.1. The molecule has 1 heterocycles. The summed E-state index contributed by atoms with van der Waals surface area (Å²) in [4.78, 5) is 11.5. The molecule has 0 aliphatic heterocycles. The molecule has 4 N–H and O–H groups in total. The van der Waals surface area contributed by atoms with E-state index < -0.39 is 29.4 Å². The lowest BCUT2D eigenvalue weighted by molar-refractivity contribution is -0.150. The third-order valence-electron chi connectivity index (χ3n) is 2.83. The molecule has 1 atom stereocenters. The summed E-state index contributed by atoms with van der Waals surface area (Å²) in [6, 6.07) is -0.00283. The minimum Gasteiger partial charge on any atom is -0.409 e. The summed E-state index contributed by atoms with van der Waals surface area (Å²) in [5.74, 6) is -3.53. The van der Waals surface area contributed by atoms with E-state index >= 15 is 0 Å². The van der Waals surface area contributed by atoms with Crippen LogP contribution in [0.4, 0.5) is 13.2 Å². The summed E-state index contributed by atoms with van der Waals surface area (Å²) in [6.07, 6.45) is -3.03. The minimum atomic E-state index is -4.63. The maximum Gasteiger partial charge on any atom is 0.399 e. The van der Waals surface area contributed by atoms with Gasteiger partial charge >= 0.3 is 11.9 Å². The van der Waals surface area contributed by atoms with Crippen LogP contribution in [0.2, 0.25) is 0 Å². The van der Waals surface area contributed by atoms with Crippen LogP contribution in [-0.4, -0.2) is 37.7 Å². The molecule has 11 heteroatoms. The van der Waals surface area contributed by atoms with E-state index in [1.54, 1.807) is 0 Å². The fourth-order valence-corrected chi connectivity index (χ4v) is 2.78. The van der Waals surface area contributed by atoms with Crippen molar-refractivity contribution in [2.24, 2.45) is 16.8 Å². The van der Waals surface area contributed by atoms with Gasteiger partial charge in [0.2, 0.25) is 0 Å². The third kappa shape index (κ3) is 3.08. The van der Waals surface area contributed by atoms with E-state index in [4.69, 9.17) is 10.9 Å². The molecule has 0 aromatic carbocycles. The molecule has 1 aromatic rings. The zero-order chi connectivity index (χ0) is 14.9. The van der Waals surface area contributed by atoms with Crippen LogP contribution in [-0.2, 0) is 0 Å². The van der Waals surface area contributed by atoms with Gasteiger partial charge in [0.05, 0.1) is 0 Å². The van der Waals surface area contributed by atoms with Gasteiger partial charge in [-0.3, -0.25) is 4.57 Å². The lowest BCUT2D eigenvalue weighted by atomic mass is 10.1. The Kier molecular flexibility index (Phi) is 3.97. The number of aromatic nitrogens is 3. The lowest BCUT2D eigenvalue weighted by Gasteiger charge is -2.18. The van der Waals surface area contributed by atoms with Crippen LogP contribution in [0.15, 0.2) is 15.1 Å². The first-order valence-electron chi connectivity index (χ1n) is 5.68. The standard InChI is InChI=1S/C9H12F3N5O2S/c10-9(11,12)5(6(13)16-19)3-20-8-15-14-7(18)17(8)4-1-2-4/h4-5,19H,1-3H2,(H2,13,16)(H,14,18). The van der Waals surface area contributed by atoms with Crippen molar-refractivity contribution >= 4 is 17.6 Å². The molecule has 1 unspecified atom stereocenters. The highest BCUT2D eigenvalue weighted by Crippen LogP contribution is 2.37. The van der Waals surface area contributed by atoms with Gasteiger partial charge in [0.25, 0.3) is 0 Å². The van der Waals surface area contributed by atoms with Crippen molar-refractivity contribution in [2.75, 3.05) is 5.75 Å². The summed E-state index contributed by atoms with van der Waals surface area (Å²) < 4.78 is 39.6. The van der Waals surface area contributed by atoms with Gasteiger partial charge in [0.1, 0.15) is 5.92 Å². The molecule has 0 bridgehead atoms. The van der Waals surface area contributed by atoms with Crippen molar-refractivity contribution in [1.29, 1.82) is 0 Å². The second kappa shape index (κ2) is 5.38. The molecule has 1 fully saturated rings. The van der Waals surface area contributed by atoms with E-state index in [2.05, 4.69) is 15.4 Å². The van der Waals surface area contributed by atoms with E-state index in [1.807, 2.05) is 0 Å². The van der Waals surface area contributed by atoms with Crippen LogP contribution in [0.5, 0.6) is 0 Å². The van der Waals surface area contributed by atoms with E-state index in [0.29, 0.717) is 0 Å². The van der Waals surface area contributed by atoms with Gasteiger partial charge in [0, 0.05) is 11.8 Å². The van der Waals surface area contributed by atoms with Crippen LogP contribution in [0.3, 0.4) is 0 Å². The molecule has 1 aromatic heterocycles. The average Bonchev–Trinajstić information content (AvgIpc) is 3.12. The molecule has 1 aliphatic carbocycles. The Bertz CT molecular complexity index is 563. The number of rotatable bonds is 5. The van der Waals surface area contributed by atoms with Crippen LogP contribution < -0.4 is 11.4 Å². The Labute approximate surface area is 115 Å². The third-order valence-corrected chi connectivity index (χ3v) is 3.88. The molecule has 2 rings (SSSR count). The highest BCUT2D eigenvalue weighted by Gasteiger charge is 2.43. The van der Waals surface area contributed by atoms with Gasteiger partial charge in [0.15, 0.2) is 11.0 Å². The van der Waals surface area contributed by atoms with Crippen molar-refractivity contribution in [3.05, 3.63) is 10.5 Å². The minimum absolute atomic E-state index is 0.00283. The second-order valence-corrected chi connectivity index (χ2v) is 5.33. The molecular weight excluding hydrogens is 299 g/mol.